The second-order valence-electron chi connectivity index (χ2n) is 5.18. The maximum Gasteiger partial charge on any atom is 0.240 e. The van der Waals surface area contributed by atoms with Crippen LogP contribution in [0.15, 0.2) is 29.2 Å². The third-order valence-electron chi connectivity index (χ3n) is 3.65. The Kier molecular flexibility index (Phi) is 4.48. The van der Waals surface area contributed by atoms with E-state index in [2.05, 4.69) is 9.82 Å². The highest BCUT2D eigenvalue weighted by atomic mass is 32.2. The number of carbonyl (C=O) groups excluding carboxylic acids is 1. The maximum atomic E-state index is 12.4. The Morgan fingerprint density at radius 3 is 2.55 bits per heavy atom. The Labute approximate surface area is 130 Å². The van der Waals surface area contributed by atoms with Crippen molar-refractivity contribution in [3.8, 4) is 0 Å². The van der Waals surface area contributed by atoms with Gasteiger partial charge in [0, 0.05) is 30.4 Å². The zero-order chi connectivity index (χ0) is 16.5. The third kappa shape index (κ3) is 3.26. The summed E-state index contributed by atoms with van der Waals surface area (Å²) in [7, 11) is -1.86. The summed E-state index contributed by atoms with van der Waals surface area (Å²) in [5, 5.41) is 4.26. The molecule has 0 bridgehead atoms. The fourth-order valence-corrected chi connectivity index (χ4v) is 3.25. The molecule has 0 saturated heterocycles. The van der Waals surface area contributed by atoms with Crippen LogP contribution in [0, 0.1) is 13.8 Å². The minimum absolute atomic E-state index is 0.0828. The van der Waals surface area contributed by atoms with Crippen LogP contribution >= 0.6 is 0 Å². The minimum atomic E-state index is -3.68. The molecule has 0 unspecified atom stereocenters. The smallest absolute Gasteiger partial charge is 0.240 e. The number of nitrogens with zero attached hydrogens (tertiary/aromatic N) is 2. The van der Waals surface area contributed by atoms with Crippen molar-refractivity contribution >= 4 is 15.8 Å². The fourth-order valence-electron chi connectivity index (χ4n) is 2.21. The van der Waals surface area contributed by atoms with Gasteiger partial charge in [-0.2, -0.15) is 5.10 Å². The first-order valence-electron chi connectivity index (χ1n) is 6.82. The zero-order valence-electron chi connectivity index (χ0n) is 13.0. The van der Waals surface area contributed by atoms with E-state index in [9.17, 15) is 13.2 Å². The summed E-state index contributed by atoms with van der Waals surface area (Å²) in [5.41, 5.74) is 2.93. The molecule has 0 aliphatic carbocycles. The number of sulfonamides is 1. The first-order valence-corrected chi connectivity index (χ1v) is 8.30. The number of aromatic nitrogens is 2. The monoisotopic (exact) mass is 321 g/mol. The van der Waals surface area contributed by atoms with E-state index in [4.69, 9.17) is 0 Å². The number of benzene rings is 1. The van der Waals surface area contributed by atoms with Gasteiger partial charge in [-0.3, -0.25) is 9.48 Å². The highest BCUT2D eigenvalue weighted by Gasteiger charge is 2.17. The van der Waals surface area contributed by atoms with Crippen LogP contribution in [0.25, 0.3) is 0 Å². The van der Waals surface area contributed by atoms with Crippen molar-refractivity contribution in [2.75, 3.05) is 0 Å². The van der Waals surface area contributed by atoms with E-state index in [1.54, 1.807) is 16.8 Å². The number of carbonyl (C=O) groups is 1. The maximum absolute atomic E-state index is 12.4. The Hall–Kier alpha value is -1.99. The number of nitrogens with one attached hydrogen (secondary N) is 1. The number of hydrogen-bond acceptors (Lipinski definition) is 4. The largest absolute Gasteiger partial charge is 0.295 e. The summed E-state index contributed by atoms with van der Waals surface area (Å²) in [5.74, 6) is -0.170. The molecule has 2 aromatic rings. The van der Waals surface area contributed by atoms with Gasteiger partial charge >= 0.3 is 0 Å². The Balaban J connectivity index is 2.25. The quantitative estimate of drug-likeness (QED) is 0.850. The highest BCUT2D eigenvalue weighted by Crippen LogP contribution is 2.15. The number of aryl methyl sites for hydroxylation is 2. The van der Waals surface area contributed by atoms with Gasteiger partial charge in [0.1, 0.15) is 0 Å². The van der Waals surface area contributed by atoms with Gasteiger partial charge in [-0.25, -0.2) is 13.1 Å². The summed E-state index contributed by atoms with van der Waals surface area (Å²) in [4.78, 5) is 11.5. The lowest BCUT2D eigenvalue weighted by molar-refractivity contribution is 0.101. The molecule has 0 spiro atoms. The van der Waals surface area contributed by atoms with Crippen molar-refractivity contribution in [3.63, 3.8) is 0 Å². The van der Waals surface area contributed by atoms with Gasteiger partial charge < -0.3 is 0 Å². The van der Waals surface area contributed by atoms with E-state index in [-0.39, 0.29) is 17.2 Å². The van der Waals surface area contributed by atoms with E-state index in [1.165, 1.54) is 19.1 Å². The predicted molar refractivity (Wildman–Crippen MR) is 83.2 cm³/mol. The molecule has 0 aliphatic rings. The molecule has 1 N–H and O–H groups in total. The van der Waals surface area contributed by atoms with Crippen LogP contribution < -0.4 is 4.72 Å². The molecule has 0 amide bonds. The molecule has 1 aromatic carbocycles. The van der Waals surface area contributed by atoms with Crippen molar-refractivity contribution < 1.29 is 13.2 Å². The SMILES string of the molecule is CC(=O)c1cccc(S(=O)(=O)NCc2c(C)nn(C)c2C)c1. The zero-order valence-corrected chi connectivity index (χ0v) is 13.9. The van der Waals surface area contributed by atoms with Crippen LogP contribution in [0.1, 0.15) is 34.2 Å². The first-order chi connectivity index (χ1) is 10.2. The topological polar surface area (TPSA) is 81.1 Å². The van der Waals surface area contributed by atoms with Crippen molar-refractivity contribution in [2.45, 2.75) is 32.2 Å². The summed E-state index contributed by atoms with van der Waals surface area (Å²) in [6.45, 7) is 5.30. The molecule has 0 fully saturated rings. The second-order valence-corrected chi connectivity index (χ2v) is 6.95. The molecule has 0 saturated carbocycles. The third-order valence-corrected chi connectivity index (χ3v) is 5.05. The standard InChI is InChI=1S/C15H19N3O3S/c1-10-15(11(2)18(4)17-10)9-16-22(20,21)14-7-5-6-13(8-14)12(3)19/h5-8,16H,9H2,1-4H3. The molecule has 1 heterocycles. The first kappa shape index (κ1) is 16.4. The van der Waals surface area contributed by atoms with Gasteiger partial charge in [-0.15, -0.1) is 0 Å². The van der Waals surface area contributed by atoms with Crippen LogP contribution in [0.2, 0.25) is 0 Å². The number of Topliss-reactive ketones (excluding diaryl/α,β-unsaturated/α-hetero) is 1. The average molecular weight is 321 g/mol. The number of ketones is 1. The van der Waals surface area contributed by atoms with Gasteiger partial charge in [0.25, 0.3) is 0 Å². The van der Waals surface area contributed by atoms with Crippen molar-refractivity contribution in [3.05, 3.63) is 46.8 Å². The summed E-state index contributed by atoms with van der Waals surface area (Å²) in [6.07, 6.45) is 0. The second kappa shape index (κ2) is 6.02. The van der Waals surface area contributed by atoms with E-state index >= 15 is 0 Å². The molecule has 6 nitrogen and oxygen atoms in total. The Morgan fingerprint density at radius 1 is 1.32 bits per heavy atom. The molecular weight excluding hydrogens is 302 g/mol. The highest BCUT2D eigenvalue weighted by molar-refractivity contribution is 7.89. The Bertz CT molecular complexity index is 823. The number of rotatable bonds is 5. The van der Waals surface area contributed by atoms with Gasteiger partial charge in [0.15, 0.2) is 5.78 Å². The van der Waals surface area contributed by atoms with Gasteiger partial charge in [-0.05, 0) is 32.9 Å². The van der Waals surface area contributed by atoms with Crippen LogP contribution in [0.4, 0.5) is 0 Å². The summed E-state index contributed by atoms with van der Waals surface area (Å²) >= 11 is 0. The van der Waals surface area contributed by atoms with Crippen molar-refractivity contribution in [1.29, 1.82) is 0 Å². The summed E-state index contributed by atoms with van der Waals surface area (Å²) in [6, 6.07) is 6.01. The van der Waals surface area contributed by atoms with Crippen LogP contribution in [-0.4, -0.2) is 24.0 Å². The summed E-state index contributed by atoms with van der Waals surface area (Å²) < 4.78 is 29.0. The normalized spacial score (nSPS) is 11.6. The van der Waals surface area contributed by atoms with E-state index in [0.29, 0.717) is 5.56 Å². The van der Waals surface area contributed by atoms with Gasteiger partial charge in [0.05, 0.1) is 10.6 Å². The van der Waals surface area contributed by atoms with Gasteiger partial charge in [-0.1, -0.05) is 12.1 Å². The lowest BCUT2D eigenvalue weighted by Crippen LogP contribution is -2.24. The van der Waals surface area contributed by atoms with E-state index < -0.39 is 10.0 Å². The average Bonchev–Trinajstić information content (AvgIpc) is 2.70. The molecule has 7 heteroatoms. The predicted octanol–water partition coefficient (Wildman–Crippen LogP) is 1.72. The van der Waals surface area contributed by atoms with Crippen LogP contribution in [0.5, 0.6) is 0 Å². The van der Waals surface area contributed by atoms with E-state index in [0.717, 1.165) is 17.0 Å². The Morgan fingerprint density at radius 2 is 2.00 bits per heavy atom. The fraction of sp³-hybridized carbons (Fsp3) is 0.333. The van der Waals surface area contributed by atoms with Gasteiger partial charge in [0.2, 0.25) is 10.0 Å². The molecule has 0 atom stereocenters. The molecule has 0 aliphatic heterocycles. The minimum Gasteiger partial charge on any atom is -0.295 e. The lowest BCUT2D eigenvalue weighted by Gasteiger charge is -2.08. The molecule has 22 heavy (non-hydrogen) atoms. The number of hydrogen-bond donors (Lipinski definition) is 1. The molecule has 2 rings (SSSR count). The van der Waals surface area contributed by atoms with Crippen LogP contribution in [0.3, 0.4) is 0 Å². The molecule has 0 radical (unpaired) electrons. The van der Waals surface area contributed by atoms with Crippen molar-refractivity contribution in [2.24, 2.45) is 7.05 Å². The van der Waals surface area contributed by atoms with Crippen molar-refractivity contribution in [1.82, 2.24) is 14.5 Å². The van der Waals surface area contributed by atoms with E-state index in [1.807, 2.05) is 20.9 Å². The molecular formula is C15H19N3O3S. The lowest BCUT2D eigenvalue weighted by atomic mass is 10.2. The molecule has 1 aromatic heterocycles. The molecule has 118 valence electrons. The van der Waals surface area contributed by atoms with Crippen LogP contribution in [-0.2, 0) is 23.6 Å².